The Morgan fingerprint density at radius 2 is 2.33 bits per heavy atom. The Bertz CT molecular complexity index is 241. The number of rotatable bonds is 2. The Labute approximate surface area is 72.2 Å². The molecule has 1 saturated heterocycles. The van der Waals surface area contributed by atoms with E-state index in [-0.39, 0.29) is 0 Å². The van der Waals surface area contributed by atoms with Crippen LogP contribution in [0.4, 0.5) is 0 Å². The summed E-state index contributed by atoms with van der Waals surface area (Å²) in [5.41, 5.74) is 6.79. The summed E-state index contributed by atoms with van der Waals surface area (Å²) in [4.78, 5) is 6.54. The van der Waals surface area contributed by atoms with Gasteiger partial charge in [-0.1, -0.05) is 6.07 Å². The standard InChI is InChI=1S/C9H13N3/c10-8-5-12(6-8)7-9-3-1-2-4-11-9/h1-4,8H,5-7,10H2. The van der Waals surface area contributed by atoms with E-state index in [1.807, 2.05) is 24.4 Å². The molecule has 0 atom stereocenters. The van der Waals surface area contributed by atoms with E-state index in [1.54, 1.807) is 0 Å². The summed E-state index contributed by atoms with van der Waals surface area (Å²) < 4.78 is 0. The van der Waals surface area contributed by atoms with Crippen molar-refractivity contribution >= 4 is 0 Å². The van der Waals surface area contributed by atoms with Gasteiger partial charge < -0.3 is 5.73 Å². The Balaban J connectivity index is 1.88. The first-order chi connectivity index (χ1) is 5.84. The van der Waals surface area contributed by atoms with Gasteiger partial charge in [-0.2, -0.15) is 0 Å². The van der Waals surface area contributed by atoms with Crippen molar-refractivity contribution in [1.29, 1.82) is 0 Å². The molecule has 0 bridgehead atoms. The van der Waals surface area contributed by atoms with Gasteiger partial charge in [0, 0.05) is 31.9 Å². The van der Waals surface area contributed by atoms with Gasteiger partial charge in [-0.15, -0.1) is 0 Å². The van der Waals surface area contributed by atoms with Crippen molar-refractivity contribution in [1.82, 2.24) is 9.88 Å². The average molecular weight is 163 g/mol. The zero-order valence-electron chi connectivity index (χ0n) is 6.98. The lowest BCUT2D eigenvalue weighted by atomic mass is 10.1. The van der Waals surface area contributed by atoms with Gasteiger partial charge in [0.1, 0.15) is 0 Å². The predicted molar refractivity (Wildman–Crippen MR) is 47.5 cm³/mol. The van der Waals surface area contributed by atoms with E-state index in [2.05, 4.69) is 9.88 Å². The fraction of sp³-hybridized carbons (Fsp3) is 0.444. The minimum Gasteiger partial charge on any atom is -0.325 e. The van der Waals surface area contributed by atoms with Gasteiger partial charge in [0.25, 0.3) is 0 Å². The molecule has 0 spiro atoms. The van der Waals surface area contributed by atoms with Crippen LogP contribution in [0.25, 0.3) is 0 Å². The number of aromatic nitrogens is 1. The van der Waals surface area contributed by atoms with Gasteiger partial charge in [-0.05, 0) is 12.1 Å². The summed E-state index contributed by atoms with van der Waals surface area (Å²) in [6, 6.07) is 6.38. The zero-order valence-corrected chi connectivity index (χ0v) is 6.98. The Morgan fingerprint density at radius 1 is 1.50 bits per heavy atom. The van der Waals surface area contributed by atoms with E-state index in [9.17, 15) is 0 Å². The largest absolute Gasteiger partial charge is 0.325 e. The van der Waals surface area contributed by atoms with Gasteiger partial charge in [0.15, 0.2) is 0 Å². The molecule has 64 valence electrons. The van der Waals surface area contributed by atoms with Gasteiger partial charge in [0.05, 0.1) is 5.69 Å². The third-order valence-corrected chi connectivity index (χ3v) is 2.10. The van der Waals surface area contributed by atoms with E-state index in [1.165, 1.54) is 0 Å². The van der Waals surface area contributed by atoms with Gasteiger partial charge >= 0.3 is 0 Å². The van der Waals surface area contributed by atoms with Crippen LogP contribution in [0.1, 0.15) is 5.69 Å². The number of likely N-dealkylation sites (tertiary alicyclic amines) is 1. The first-order valence-corrected chi connectivity index (χ1v) is 4.22. The molecule has 0 radical (unpaired) electrons. The molecule has 1 aliphatic rings. The molecule has 2 N–H and O–H groups in total. The molecular formula is C9H13N3. The molecule has 0 saturated carbocycles. The maximum Gasteiger partial charge on any atom is 0.0543 e. The summed E-state index contributed by atoms with van der Waals surface area (Å²) in [6.07, 6.45) is 1.83. The number of nitrogens with zero attached hydrogens (tertiary/aromatic N) is 2. The van der Waals surface area contributed by atoms with Crippen LogP contribution in [-0.4, -0.2) is 29.0 Å². The van der Waals surface area contributed by atoms with E-state index < -0.39 is 0 Å². The lowest BCUT2D eigenvalue weighted by Gasteiger charge is -2.36. The maximum atomic E-state index is 5.66. The lowest BCUT2D eigenvalue weighted by molar-refractivity contribution is 0.140. The highest BCUT2D eigenvalue weighted by Gasteiger charge is 2.22. The molecule has 0 aliphatic carbocycles. The zero-order chi connectivity index (χ0) is 8.39. The summed E-state index contributed by atoms with van der Waals surface area (Å²) >= 11 is 0. The summed E-state index contributed by atoms with van der Waals surface area (Å²) in [5, 5.41) is 0. The Kier molecular flexibility index (Phi) is 2.06. The predicted octanol–water partition coefficient (Wildman–Crippen LogP) is 0.224. The minimum absolute atomic E-state index is 0.383. The van der Waals surface area contributed by atoms with Crippen LogP contribution in [0.3, 0.4) is 0 Å². The van der Waals surface area contributed by atoms with Crippen LogP contribution in [-0.2, 0) is 6.54 Å². The van der Waals surface area contributed by atoms with Crippen molar-refractivity contribution < 1.29 is 0 Å². The monoisotopic (exact) mass is 163 g/mol. The second-order valence-corrected chi connectivity index (χ2v) is 3.28. The highest BCUT2D eigenvalue weighted by atomic mass is 15.2. The fourth-order valence-corrected chi connectivity index (χ4v) is 1.46. The molecule has 1 aliphatic heterocycles. The summed E-state index contributed by atoms with van der Waals surface area (Å²) in [7, 11) is 0. The average Bonchev–Trinajstić information content (AvgIpc) is 2.04. The number of hydrogen-bond donors (Lipinski definition) is 1. The van der Waals surface area contributed by atoms with Crippen molar-refractivity contribution in [3.8, 4) is 0 Å². The quantitative estimate of drug-likeness (QED) is 0.678. The molecule has 0 aromatic carbocycles. The molecular weight excluding hydrogens is 150 g/mol. The molecule has 1 aromatic heterocycles. The molecule has 1 aromatic rings. The molecule has 2 heterocycles. The topological polar surface area (TPSA) is 42.1 Å². The highest BCUT2D eigenvalue weighted by Crippen LogP contribution is 2.09. The van der Waals surface area contributed by atoms with E-state index in [4.69, 9.17) is 5.73 Å². The lowest BCUT2D eigenvalue weighted by Crippen LogP contribution is -2.54. The van der Waals surface area contributed by atoms with Crippen molar-refractivity contribution in [3.63, 3.8) is 0 Å². The molecule has 2 rings (SSSR count). The van der Waals surface area contributed by atoms with Crippen molar-refractivity contribution in [3.05, 3.63) is 30.1 Å². The van der Waals surface area contributed by atoms with Gasteiger partial charge in [-0.25, -0.2) is 0 Å². The maximum absolute atomic E-state index is 5.66. The molecule has 0 amide bonds. The van der Waals surface area contributed by atoms with Crippen LogP contribution < -0.4 is 5.73 Å². The Hall–Kier alpha value is -0.930. The summed E-state index contributed by atoms with van der Waals surface area (Å²) in [6.45, 7) is 2.96. The first kappa shape index (κ1) is 7.71. The smallest absolute Gasteiger partial charge is 0.0543 e. The van der Waals surface area contributed by atoms with Gasteiger partial charge in [-0.3, -0.25) is 9.88 Å². The van der Waals surface area contributed by atoms with Crippen molar-refractivity contribution in [2.45, 2.75) is 12.6 Å². The minimum atomic E-state index is 0.383. The van der Waals surface area contributed by atoms with Crippen molar-refractivity contribution in [2.75, 3.05) is 13.1 Å². The van der Waals surface area contributed by atoms with E-state index >= 15 is 0 Å². The first-order valence-electron chi connectivity index (χ1n) is 4.22. The van der Waals surface area contributed by atoms with Gasteiger partial charge in [0.2, 0.25) is 0 Å². The number of hydrogen-bond acceptors (Lipinski definition) is 3. The van der Waals surface area contributed by atoms with Crippen LogP contribution in [0, 0.1) is 0 Å². The second-order valence-electron chi connectivity index (χ2n) is 3.28. The van der Waals surface area contributed by atoms with Crippen LogP contribution in [0.5, 0.6) is 0 Å². The van der Waals surface area contributed by atoms with E-state index in [0.29, 0.717) is 6.04 Å². The normalized spacial score (nSPS) is 19.1. The van der Waals surface area contributed by atoms with Crippen LogP contribution in [0.2, 0.25) is 0 Å². The van der Waals surface area contributed by atoms with Crippen LogP contribution >= 0.6 is 0 Å². The molecule has 3 nitrogen and oxygen atoms in total. The molecule has 0 unspecified atom stereocenters. The number of pyridine rings is 1. The number of nitrogens with two attached hydrogens (primary N) is 1. The van der Waals surface area contributed by atoms with Crippen molar-refractivity contribution in [2.24, 2.45) is 5.73 Å². The van der Waals surface area contributed by atoms with Crippen LogP contribution in [0.15, 0.2) is 24.4 Å². The fourth-order valence-electron chi connectivity index (χ4n) is 1.46. The van der Waals surface area contributed by atoms with E-state index in [0.717, 1.165) is 25.3 Å². The SMILES string of the molecule is NC1CN(Cc2ccccn2)C1. The Morgan fingerprint density at radius 3 is 2.92 bits per heavy atom. The highest BCUT2D eigenvalue weighted by molar-refractivity contribution is 5.04. The third-order valence-electron chi connectivity index (χ3n) is 2.10. The summed E-state index contributed by atoms with van der Waals surface area (Å²) in [5.74, 6) is 0. The molecule has 1 fully saturated rings. The third kappa shape index (κ3) is 1.62. The second kappa shape index (κ2) is 3.21. The molecule has 3 heteroatoms. The molecule has 12 heavy (non-hydrogen) atoms.